The second kappa shape index (κ2) is 6.43. The van der Waals surface area contributed by atoms with Crippen LogP contribution in [0.15, 0.2) is 24.4 Å². The highest BCUT2D eigenvalue weighted by Crippen LogP contribution is 2.38. The van der Waals surface area contributed by atoms with E-state index in [1.165, 1.54) is 6.20 Å². The zero-order valence-electron chi connectivity index (χ0n) is 14.5. The Morgan fingerprint density at radius 1 is 1.33 bits per heavy atom. The zero-order chi connectivity index (χ0) is 18.1. The molecule has 0 saturated carbocycles. The predicted molar refractivity (Wildman–Crippen MR) is 92.0 cm³/mol. The Hall–Kier alpha value is -2.08. The summed E-state index contributed by atoms with van der Waals surface area (Å²) >= 11 is 6.24. The first-order valence-corrected chi connectivity index (χ1v) is 7.95. The van der Waals surface area contributed by atoms with E-state index in [-0.39, 0.29) is 11.1 Å². The molecule has 0 aliphatic carbocycles. The van der Waals surface area contributed by atoms with Crippen LogP contribution in [0.4, 0.5) is 0 Å². The highest BCUT2D eigenvalue weighted by molar-refractivity contribution is 6.32. The van der Waals surface area contributed by atoms with E-state index in [2.05, 4.69) is 24.2 Å². The van der Waals surface area contributed by atoms with Crippen molar-refractivity contribution >= 4 is 17.6 Å². The number of methoxy groups -OCH3 is 1. The van der Waals surface area contributed by atoms with Gasteiger partial charge in [0.25, 0.3) is 0 Å². The topological polar surface area (TPSA) is 77.2 Å². The van der Waals surface area contributed by atoms with Crippen molar-refractivity contribution in [2.75, 3.05) is 7.11 Å². The smallest absolute Gasteiger partial charge is 0.358 e. The Morgan fingerprint density at radius 3 is 2.50 bits per heavy atom. The molecule has 0 radical (unpaired) electrons. The summed E-state index contributed by atoms with van der Waals surface area (Å²) in [5.41, 5.74) is 0.374. The Bertz CT molecular complexity index is 753. The van der Waals surface area contributed by atoms with E-state index in [0.29, 0.717) is 17.2 Å². The molecule has 0 aliphatic heterocycles. The minimum Gasteiger partial charge on any atom is -0.495 e. The van der Waals surface area contributed by atoms with Crippen molar-refractivity contribution in [2.45, 2.75) is 45.1 Å². The van der Waals surface area contributed by atoms with Crippen molar-refractivity contribution in [3.05, 3.63) is 40.7 Å². The van der Waals surface area contributed by atoms with Crippen LogP contribution in [0, 0.1) is 0 Å². The summed E-state index contributed by atoms with van der Waals surface area (Å²) in [6, 6.07) is 5.75. The first-order chi connectivity index (χ1) is 11.1. The van der Waals surface area contributed by atoms with Crippen LogP contribution < -0.4 is 4.74 Å². The summed E-state index contributed by atoms with van der Waals surface area (Å²) in [5.74, 6) is -0.448. The lowest BCUT2D eigenvalue weighted by Crippen LogP contribution is -2.35. The van der Waals surface area contributed by atoms with E-state index in [0.717, 1.165) is 5.56 Å². The number of halogens is 1. The van der Waals surface area contributed by atoms with Crippen molar-refractivity contribution in [1.82, 2.24) is 15.0 Å². The lowest BCUT2D eigenvalue weighted by atomic mass is 9.75. The van der Waals surface area contributed by atoms with E-state index in [9.17, 15) is 4.79 Å². The molecule has 0 amide bonds. The number of carbonyl (C=O) groups is 1. The first-order valence-electron chi connectivity index (χ1n) is 7.57. The average Bonchev–Trinajstić information content (AvgIpc) is 2.97. The fraction of sp³-hybridized carbons (Fsp3) is 0.471. The molecular weight excluding hydrogens is 330 g/mol. The van der Waals surface area contributed by atoms with Gasteiger partial charge in [0.15, 0.2) is 5.69 Å². The van der Waals surface area contributed by atoms with Gasteiger partial charge in [0.05, 0.1) is 23.9 Å². The highest BCUT2D eigenvalue weighted by Gasteiger charge is 2.33. The third-order valence-electron chi connectivity index (χ3n) is 4.14. The van der Waals surface area contributed by atoms with E-state index in [1.807, 2.05) is 32.0 Å². The SMILES string of the molecule is COc1ccc(C(C)(C)CC(C)(C)n2cc(C(=O)O)nn2)cc1Cl. The molecule has 6 nitrogen and oxygen atoms in total. The molecule has 1 N–H and O–H groups in total. The zero-order valence-corrected chi connectivity index (χ0v) is 15.3. The number of hydrogen-bond donors (Lipinski definition) is 1. The fourth-order valence-corrected chi connectivity index (χ4v) is 3.27. The molecule has 0 bridgehead atoms. The van der Waals surface area contributed by atoms with Crippen LogP contribution >= 0.6 is 11.6 Å². The number of aromatic nitrogens is 3. The maximum atomic E-state index is 11.0. The van der Waals surface area contributed by atoms with Gasteiger partial charge in [-0.1, -0.05) is 36.7 Å². The van der Waals surface area contributed by atoms with Crippen LogP contribution in [0.1, 0.15) is 50.2 Å². The quantitative estimate of drug-likeness (QED) is 0.857. The summed E-state index contributed by atoms with van der Waals surface area (Å²) in [6.45, 7) is 8.23. The molecule has 2 rings (SSSR count). The standard InChI is InChI=1S/C17H22ClN3O3/c1-16(2,11-6-7-14(24-5)12(18)8-11)10-17(3,4)21-9-13(15(22)23)19-20-21/h6-9H,10H2,1-5H3,(H,22,23). The molecular formula is C17H22ClN3O3. The number of nitrogens with zero attached hydrogens (tertiary/aromatic N) is 3. The number of aromatic carboxylic acids is 1. The number of carboxylic acids is 1. The predicted octanol–water partition coefficient (Wildman–Crippen LogP) is 3.74. The van der Waals surface area contributed by atoms with E-state index in [1.54, 1.807) is 11.8 Å². The summed E-state index contributed by atoms with van der Waals surface area (Å²) in [4.78, 5) is 11.0. The van der Waals surface area contributed by atoms with Crippen LogP contribution in [0.2, 0.25) is 5.02 Å². The minimum atomic E-state index is -1.08. The first kappa shape index (κ1) is 18.3. The third-order valence-corrected chi connectivity index (χ3v) is 4.44. The van der Waals surface area contributed by atoms with Gasteiger partial charge in [0.2, 0.25) is 0 Å². The summed E-state index contributed by atoms with van der Waals surface area (Å²) < 4.78 is 6.80. The van der Waals surface area contributed by atoms with Gasteiger partial charge in [-0.05, 0) is 43.4 Å². The Morgan fingerprint density at radius 2 is 2.00 bits per heavy atom. The molecule has 0 fully saturated rings. The van der Waals surface area contributed by atoms with Crippen molar-refractivity contribution < 1.29 is 14.6 Å². The normalized spacial score (nSPS) is 12.2. The third kappa shape index (κ3) is 3.70. The van der Waals surface area contributed by atoms with E-state index < -0.39 is 11.5 Å². The summed E-state index contributed by atoms with van der Waals surface area (Å²) in [6.07, 6.45) is 2.17. The van der Waals surface area contributed by atoms with Gasteiger partial charge in [-0.2, -0.15) is 0 Å². The number of benzene rings is 1. The lowest BCUT2D eigenvalue weighted by molar-refractivity contribution is 0.0690. The lowest BCUT2D eigenvalue weighted by Gasteiger charge is -2.35. The van der Waals surface area contributed by atoms with E-state index in [4.69, 9.17) is 21.4 Å². The number of rotatable bonds is 6. The molecule has 1 heterocycles. The second-order valence-electron chi connectivity index (χ2n) is 7.08. The van der Waals surface area contributed by atoms with Gasteiger partial charge in [0.1, 0.15) is 5.75 Å². The van der Waals surface area contributed by atoms with Crippen molar-refractivity contribution in [2.24, 2.45) is 0 Å². The fourth-order valence-electron chi connectivity index (χ4n) is 3.01. The molecule has 0 spiro atoms. The monoisotopic (exact) mass is 351 g/mol. The number of carboxylic acid groups (broad SMARTS) is 1. The Kier molecular flexibility index (Phi) is 4.90. The van der Waals surface area contributed by atoms with Crippen molar-refractivity contribution in [3.63, 3.8) is 0 Å². The van der Waals surface area contributed by atoms with Gasteiger partial charge >= 0.3 is 5.97 Å². The molecule has 0 atom stereocenters. The summed E-state index contributed by atoms with van der Waals surface area (Å²) in [5, 5.41) is 17.2. The van der Waals surface area contributed by atoms with Gasteiger partial charge in [0, 0.05) is 0 Å². The van der Waals surface area contributed by atoms with Crippen LogP contribution in [-0.2, 0) is 11.0 Å². The van der Waals surface area contributed by atoms with Crippen LogP contribution in [0.25, 0.3) is 0 Å². The van der Waals surface area contributed by atoms with Crippen LogP contribution in [-0.4, -0.2) is 33.2 Å². The molecule has 7 heteroatoms. The van der Waals surface area contributed by atoms with Crippen molar-refractivity contribution in [3.8, 4) is 5.75 Å². The average molecular weight is 352 g/mol. The molecule has 1 aromatic carbocycles. The highest BCUT2D eigenvalue weighted by atomic mass is 35.5. The molecule has 1 aromatic heterocycles. The number of ether oxygens (including phenoxy) is 1. The van der Waals surface area contributed by atoms with Gasteiger partial charge in [-0.15, -0.1) is 5.10 Å². The second-order valence-corrected chi connectivity index (χ2v) is 7.48. The molecule has 2 aromatic rings. The van der Waals surface area contributed by atoms with E-state index >= 15 is 0 Å². The molecule has 130 valence electrons. The Balaban J connectivity index is 2.28. The molecule has 0 aliphatic rings. The van der Waals surface area contributed by atoms with Gasteiger partial charge < -0.3 is 9.84 Å². The number of hydrogen-bond acceptors (Lipinski definition) is 4. The maximum absolute atomic E-state index is 11.0. The molecule has 0 saturated heterocycles. The van der Waals surface area contributed by atoms with Crippen molar-refractivity contribution in [1.29, 1.82) is 0 Å². The largest absolute Gasteiger partial charge is 0.495 e. The maximum Gasteiger partial charge on any atom is 0.358 e. The minimum absolute atomic E-state index is 0.0617. The summed E-state index contributed by atoms with van der Waals surface area (Å²) in [7, 11) is 1.58. The van der Waals surface area contributed by atoms with Gasteiger partial charge in [-0.3, -0.25) is 0 Å². The van der Waals surface area contributed by atoms with Crippen LogP contribution in [0.5, 0.6) is 5.75 Å². The van der Waals surface area contributed by atoms with Crippen LogP contribution in [0.3, 0.4) is 0 Å². The van der Waals surface area contributed by atoms with Gasteiger partial charge in [-0.25, -0.2) is 9.48 Å². The molecule has 0 unspecified atom stereocenters. The Labute approximate surface area is 146 Å². The molecule has 24 heavy (non-hydrogen) atoms.